The van der Waals surface area contributed by atoms with Crippen molar-refractivity contribution < 1.29 is 4.79 Å². The molecule has 7 heteroatoms. The van der Waals surface area contributed by atoms with Crippen molar-refractivity contribution in [1.29, 1.82) is 0 Å². The highest BCUT2D eigenvalue weighted by Gasteiger charge is 2.15. The quantitative estimate of drug-likeness (QED) is 0.474. The molecule has 0 unspecified atom stereocenters. The number of rotatable bonds is 5. The fourth-order valence-corrected chi connectivity index (χ4v) is 3.31. The average Bonchev–Trinajstić information content (AvgIpc) is 2.66. The van der Waals surface area contributed by atoms with Crippen LogP contribution in [0.4, 0.5) is 11.5 Å². The number of nitrogen functional groups attached to an aromatic ring is 1. The van der Waals surface area contributed by atoms with E-state index in [4.69, 9.17) is 5.73 Å². The van der Waals surface area contributed by atoms with Crippen molar-refractivity contribution in [3.8, 4) is 0 Å². The fourth-order valence-electron chi connectivity index (χ4n) is 2.38. The smallest absolute Gasteiger partial charge is 0.277 e. The maximum atomic E-state index is 12.3. The van der Waals surface area contributed by atoms with Crippen LogP contribution in [0.2, 0.25) is 0 Å². The largest absolute Gasteiger partial charge is 0.382 e. The Labute approximate surface area is 154 Å². The standard InChI is InChI=1S/C19H18N4O2S/c1-12(13-8-4-2-5-9-13)26-19-22-16(20)15(18(25)23-19)21-17(24)14-10-6-3-7-11-14/h2-12H,1H3,(H,21,24)(H3,20,22,23,25)/t12-/m0/s1. The lowest BCUT2D eigenvalue weighted by molar-refractivity contribution is 0.102. The number of H-pyrrole nitrogens is 1. The Bertz CT molecular complexity index is 958. The number of amides is 1. The first kappa shape index (κ1) is 17.8. The number of carbonyl (C=O) groups excluding carboxylic acids is 1. The van der Waals surface area contributed by atoms with Crippen LogP contribution in [0.25, 0.3) is 0 Å². The molecule has 0 radical (unpaired) electrons. The third kappa shape index (κ3) is 4.12. The molecule has 6 nitrogen and oxygen atoms in total. The molecule has 3 aromatic rings. The van der Waals surface area contributed by atoms with E-state index in [0.29, 0.717) is 10.7 Å². The fraction of sp³-hybridized carbons (Fsp3) is 0.105. The molecule has 2 aromatic carbocycles. The number of thioether (sulfide) groups is 1. The van der Waals surface area contributed by atoms with Gasteiger partial charge in [-0.2, -0.15) is 0 Å². The summed E-state index contributed by atoms with van der Waals surface area (Å²) in [6, 6.07) is 18.5. The minimum atomic E-state index is -0.482. The first-order valence-corrected chi connectivity index (χ1v) is 8.90. The second-order valence-corrected chi connectivity index (χ2v) is 6.95. The van der Waals surface area contributed by atoms with Crippen molar-refractivity contribution in [2.75, 3.05) is 11.1 Å². The van der Waals surface area contributed by atoms with Gasteiger partial charge in [0.2, 0.25) is 0 Å². The summed E-state index contributed by atoms with van der Waals surface area (Å²) in [6.07, 6.45) is 0. The van der Waals surface area contributed by atoms with Gasteiger partial charge in [0, 0.05) is 10.8 Å². The predicted molar refractivity (Wildman–Crippen MR) is 104 cm³/mol. The van der Waals surface area contributed by atoms with Gasteiger partial charge in [-0.15, -0.1) is 0 Å². The SMILES string of the molecule is C[C@H](Sc1nc(N)c(NC(=O)c2ccccc2)c(=O)[nH]1)c1ccccc1. The monoisotopic (exact) mass is 366 g/mol. The third-order valence-corrected chi connectivity index (χ3v) is 4.80. The normalized spacial score (nSPS) is 11.7. The van der Waals surface area contributed by atoms with Crippen LogP contribution in [-0.4, -0.2) is 15.9 Å². The van der Waals surface area contributed by atoms with E-state index >= 15 is 0 Å². The van der Waals surface area contributed by atoms with Gasteiger partial charge in [0.05, 0.1) is 0 Å². The van der Waals surface area contributed by atoms with Gasteiger partial charge in [0.15, 0.2) is 11.0 Å². The van der Waals surface area contributed by atoms with E-state index in [1.54, 1.807) is 30.3 Å². The van der Waals surface area contributed by atoms with Crippen LogP contribution >= 0.6 is 11.8 Å². The van der Waals surface area contributed by atoms with E-state index in [0.717, 1.165) is 5.56 Å². The molecule has 132 valence electrons. The van der Waals surface area contributed by atoms with Gasteiger partial charge in [-0.05, 0) is 24.6 Å². The molecule has 1 amide bonds. The molecule has 0 aliphatic heterocycles. The maximum Gasteiger partial charge on any atom is 0.277 e. The van der Waals surface area contributed by atoms with Crippen LogP contribution in [0.3, 0.4) is 0 Å². The van der Waals surface area contributed by atoms with Crippen molar-refractivity contribution in [2.45, 2.75) is 17.3 Å². The Morgan fingerprint density at radius 1 is 1.12 bits per heavy atom. The van der Waals surface area contributed by atoms with E-state index in [9.17, 15) is 9.59 Å². The third-order valence-electron chi connectivity index (χ3n) is 3.76. The van der Waals surface area contributed by atoms with E-state index in [1.165, 1.54) is 11.8 Å². The summed E-state index contributed by atoms with van der Waals surface area (Å²) in [5.74, 6) is -0.427. The van der Waals surface area contributed by atoms with Crippen LogP contribution in [0.15, 0.2) is 70.6 Å². The minimum absolute atomic E-state index is 0.0132. The second-order valence-electron chi connectivity index (χ2n) is 5.62. The molecular weight excluding hydrogens is 348 g/mol. The van der Waals surface area contributed by atoms with E-state index in [-0.39, 0.29) is 16.8 Å². The van der Waals surface area contributed by atoms with Crippen molar-refractivity contribution in [3.63, 3.8) is 0 Å². The molecule has 0 aliphatic carbocycles. The summed E-state index contributed by atoms with van der Waals surface area (Å²) < 4.78 is 0. The second kappa shape index (κ2) is 7.88. The summed E-state index contributed by atoms with van der Waals surface area (Å²) >= 11 is 1.39. The van der Waals surface area contributed by atoms with E-state index in [1.807, 2.05) is 37.3 Å². The first-order valence-electron chi connectivity index (χ1n) is 8.02. The van der Waals surface area contributed by atoms with Crippen LogP contribution in [0, 0.1) is 0 Å². The number of hydrogen-bond acceptors (Lipinski definition) is 5. The van der Waals surface area contributed by atoms with Crippen LogP contribution in [-0.2, 0) is 0 Å². The Morgan fingerprint density at radius 3 is 2.35 bits per heavy atom. The summed E-state index contributed by atoms with van der Waals surface area (Å²) in [5.41, 5.74) is 6.92. The van der Waals surface area contributed by atoms with Crippen molar-refractivity contribution >= 4 is 29.2 Å². The zero-order chi connectivity index (χ0) is 18.5. The van der Waals surface area contributed by atoms with Crippen LogP contribution in [0.1, 0.15) is 28.1 Å². The molecule has 0 saturated heterocycles. The molecule has 26 heavy (non-hydrogen) atoms. The number of nitrogens with zero attached hydrogens (tertiary/aromatic N) is 1. The molecule has 0 bridgehead atoms. The Morgan fingerprint density at radius 2 is 1.73 bits per heavy atom. The van der Waals surface area contributed by atoms with Crippen LogP contribution in [0.5, 0.6) is 0 Å². The number of benzene rings is 2. The number of aromatic amines is 1. The summed E-state index contributed by atoms with van der Waals surface area (Å²) in [4.78, 5) is 31.4. The van der Waals surface area contributed by atoms with Crippen molar-refractivity contribution in [2.24, 2.45) is 0 Å². The topological polar surface area (TPSA) is 101 Å². The molecule has 0 spiro atoms. The lowest BCUT2D eigenvalue weighted by Crippen LogP contribution is -2.23. The van der Waals surface area contributed by atoms with Gasteiger partial charge >= 0.3 is 0 Å². The van der Waals surface area contributed by atoms with Gasteiger partial charge in [-0.1, -0.05) is 60.3 Å². The van der Waals surface area contributed by atoms with Gasteiger partial charge in [-0.25, -0.2) is 4.98 Å². The van der Waals surface area contributed by atoms with E-state index in [2.05, 4.69) is 15.3 Å². The van der Waals surface area contributed by atoms with Gasteiger partial charge in [0.25, 0.3) is 11.5 Å². The molecular formula is C19H18N4O2S. The number of nitrogens with one attached hydrogen (secondary N) is 2. The molecule has 0 saturated carbocycles. The zero-order valence-electron chi connectivity index (χ0n) is 14.1. The molecule has 0 aliphatic rings. The highest BCUT2D eigenvalue weighted by Crippen LogP contribution is 2.32. The number of anilines is 2. The predicted octanol–water partition coefficient (Wildman–Crippen LogP) is 3.46. The highest BCUT2D eigenvalue weighted by molar-refractivity contribution is 7.99. The molecule has 1 heterocycles. The lowest BCUT2D eigenvalue weighted by Gasteiger charge is -2.12. The van der Waals surface area contributed by atoms with Gasteiger partial charge < -0.3 is 11.1 Å². The number of carbonyl (C=O) groups is 1. The van der Waals surface area contributed by atoms with Crippen molar-refractivity contribution in [1.82, 2.24) is 9.97 Å². The highest BCUT2D eigenvalue weighted by atomic mass is 32.2. The van der Waals surface area contributed by atoms with Gasteiger partial charge in [-0.3, -0.25) is 14.6 Å². The molecule has 4 N–H and O–H groups in total. The summed E-state index contributed by atoms with van der Waals surface area (Å²) in [7, 11) is 0. The number of aromatic nitrogens is 2. The minimum Gasteiger partial charge on any atom is -0.382 e. The molecule has 1 atom stereocenters. The average molecular weight is 366 g/mol. The number of hydrogen-bond donors (Lipinski definition) is 3. The van der Waals surface area contributed by atoms with Crippen LogP contribution < -0.4 is 16.6 Å². The van der Waals surface area contributed by atoms with E-state index < -0.39 is 11.5 Å². The Kier molecular flexibility index (Phi) is 5.38. The molecule has 3 rings (SSSR count). The maximum absolute atomic E-state index is 12.3. The molecule has 1 aromatic heterocycles. The van der Waals surface area contributed by atoms with Crippen molar-refractivity contribution in [3.05, 3.63) is 82.1 Å². The zero-order valence-corrected chi connectivity index (χ0v) is 14.9. The summed E-state index contributed by atoms with van der Waals surface area (Å²) in [6.45, 7) is 2.02. The lowest BCUT2D eigenvalue weighted by atomic mass is 10.2. The molecule has 0 fully saturated rings. The first-order chi connectivity index (χ1) is 12.5. The van der Waals surface area contributed by atoms with Gasteiger partial charge in [0.1, 0.15) is 5.69 Å². The summed E-state index contributed by atoms with van der Waals surface area (Å²) in [5, 5.41) is 3.02. The Hall–Kier alpha value is -3.06. The number of nitrogens with two attached hydrogens (primary N) is 1. The Balaban J connectivity index is 1.78.